The van der Waals surface area contributed by atoms with Crippen molar-refractivity contribution in [2.24, 2.45) is 5.73 Å². The lowest BCUT2D eigenvalue weighted by atomic mass is 10.1. The van der Waals surface area contributed by atoms with Gasteiger partial charge in [-0.3, -0.25) is 10.1 Å². The minimum absolute atomic E-state index is 0.00476. The van der Waals surface area contributed by atoms with E-state index in [9.17, 15) is 0 Å². The van der Waals surface area contributed by atoms with Crippen LogP contribution in [-0.2, 0) is 6.42 Å². The number of fused-ring (bicyclic) bond motifs is 1. The number of hydrogen-bond acceptors (Lipinski definition) is 5. The van der Waals surface area contributed by atoms with Crippen molar-refractivity contribution in [2.75, 3.05) is 11.9 Å². The topological polar surface area (TPSA) is 92.5 Å². The Labute approximate surface area is 151 Å². The summed E-state index contributed by atoms with van der Waals surface area (Å²) < 4.78 is 0. The van der Waals surface area contributed by atoms with Gasteiger partial charge in [-0.1, -0.05) is 36.4 Å². The third kappa shape index (κ3) is 3.70. The van der Waals surface area contributed by atoms with Gasteiger partial charge in [0, 0.05) is 23.5 Å². The van der Waals surface area contributed by atoms with Gasteiger partial charge < -0.3 is 11.1 Å². The van der Waals surface area contributed by atoms with Crippen LogP contribution in [0.3, 0.4) is 0 Å². The van der Waals surface area contributed by atoms with Gasteiger partial charge in [-0.25, -0.2) is 4.98 Å². The van der Waals surface area contributed by atoms with Gasteiger partial charge in [0.2, 0.25) is 0 Å². The van der Waals surface area contributed by atoms with Crippen molar-refractivity contribution in [2.45, 2.75) is 12.5 Å². The molecule has 0 amide bonds. The van der Waals surface area contributed by atoms with E-state index in [-0.39, 0.29) is 6.04 Å². The second kappa shape index (κ2) is 7.33. The first-order valence-corrected chi connectivity index (χ1v) is 8.57. The number of H-pyrrole nitrogens is 1. The zero-order valence-electron chi connectivity index (χ0n) is 14.3. The van der Waals surface area contributed by atoms with Crippen LogP contribution < -0.4 is 11.1 Å². The number of benzene rings is 2. The van der Waals surface area contributed by atoms with Crippen LogP contribution in [0.5, 0.6) is 0 Å². The number of aromatic nitrogens is 4. The van der Waals surface area contributed by atoms with Gasteiger partial charge >= 0.3 is 0 Å². The molecule has 0 aliphatic carbocycles. The number of hydrogen-bond donors (Lipinski definition) is 3. The van der Waals surface area contributed by atoms with E-state index in [1.54, 1.807) is 18.6 Å². The lowest BCUT2D eigenvalue weighted by molar-refractivity contribution is 0.697. The molecule has 0 saturated heterocycles. The highest BCUT2D eigenvalue weighted by Gasteiger charge is 2.07. The number of anilines is 1. The molecule has 4 N–H and O–H groups in total. The summed E-state index contributed by atoms with van der Waals surface area (Å²) >= 11 is 0. The highest BCUT2D eigenvalue weighted by Crippen LogP contribution is 2.22. The molecule has 0 fully saturated rings. The van der Waals surface area contributed by atoms with Crippen LogP contribution in [0, 0.1) is 0 Å². The smallest absolute Gasteiger partial charge is 0.145 e. The summed E-state index contributed by atoms with van der Waals surface area (Å²) in [6.07, 6.45) is 6.10. The van der Waals surface area contributed by atoms with Gasteiger partial charge in [0.15, 0.2) is 0 Å². The normalized spacial score (nSPS) is 12.2. The molecule has 4 aromatic rings. The Morgan fingerprint density at radius 3 is 2.81 bits per heavy atom. The summed E-state index contributed by atoms with van der Waals surface area (Å²) in [5, 5.41) is 11.3. The molecule has 0 spiro atoms. The van der Waals surface area contributed by atoms with Crippen molar-refractivity contribution in [1.82, 2.24) is 20.2 Å². The number of nitrogens with one attached hydrogen (secondary N) is 2. The maximum absolute atomic E-state index is 6.23. The molecule has 2 aromatic carbocycles. The predicted molar refractivity (Wildman–Crippen MR) is 104 cm³/mol. The monoisotopic (exact) mass is 344 g/mol. The average molecular weight is 344 g/mol. The van der Waals surface area contributed by atoms with Gasteiger partial charge in [-0.05, 0) is 24.1 Å². The van der Waals surface area contributed by atoms with E-state index >= 15 is 0 Å². The highest BCUT2D eigenvalue weighted by atomic mass is 15.1. The van der Waals surface area contributed by atoms with Crippen LogP contribution in [0.2, 0.25) is 0 Å². The van der Waals surface area contributed by atoms with E-state index in [1.165, 1.54) is 5.56 Å². The van der Waals surface area contributed by atoms with Crippen molar-refractivity contribution in [1.29, 1.82) is 0 Å². The summed E-state index contributed by atoms with van der Waals surface area (Å²) in [4.78, 5) is 8.95. The Morgan fingerprint density at radius 1 is 1.04 bits per heavy atom. The highest BCUT2D eigenvalue weighted by molar-refractivity contribution is 5.83. The Hall–Kier alpha value is -3.25. The number of nitrogens with zero attached hydrogens (tertiary/aromatic N) is 3. The predicted octanol–water partition coefficient (Wildman–Crippen LogP) is 3.00. The zero-order chi connectivity index (χ0) is 17.8. The molecule has 0 aliphatic rings. The Morgan fingerprint density at radius 2 is 1.92 bits per heavy atom. The zero-order valence-corrected chi connectivity index (χ0v) is 14.3. The summed E-state index contributed by atoms with van der Waals surface area (Å²) in [7, 11) is 0. The summed E-state index contributed by atoms with van der Waals surface area (Å²) in [6, 6.07) is 16.3. The Balaban J connectivity index is 1.44. The van der Waals surface area contributed by atoms with Crippen LogP contribution in [0.1, 0.15) is 5.56 Å². The van der Waals surface area contributed by atoms with Crippen molar-refractivity contribution >= 4 is 16.7 Å². The van der Waals surface area contributed by atoms with Gasteiger partial charge in [-0.2, -0.15) is 5.10 Å². The van der Waals surface area contributed by atoms with Crippen LogP contribution in [0.25, 0.3) is 22.2 Å². The second-order valence-corrected chi connectivity index (χ2v) is 6.29. The van der Waals surface area contributed by atoms with Crippen LogP contribution >= 0.6 is 0 Å². The lowest BCUT2D eigenvalue weighted by Gasteiger charge is -2.13. The standard InChI is InChI=1S/C20H20N6/c21-17(8-14-4-2-1-3-5-14)11-23-20-13-22-12-19(25-20)15-6-7-18-16(9-15)10-24-26-18/h1-7,9-10,12-13,17H,8,11,21H2,(H,23,25)(H,24,26)/t17-/m0/s1. The van der Waals surface area contributed by atoms with Crippen molar-refractivity contribution in [3.8, 4) is 11.3 Å². The molecule has 130 valence electrons. The third-order valence-corrected chi connectivity index (χ3v) is 4.26. The summed E-state index contributed by atoms with van der Waals surface area (Å²) in [5.41, 5.74) is 10.3. The lowest BCUT2D eigenvalue weighted by Crippen LogP contribution is -2.31. The summed E-state index contributed by atoms with van der Waals surface area (Å²) in [5.74, 6) is 0.721. The molecular weight excluding hydrogens is 324 g/mol. The average Bonchev–Trinajstić information content (AvgIpc) is 3.15. The second-order valence-electron chi connectivity index (χ2n) is 6.29. The van der Waals surface area contributed by atoms with E-state index in [0.29, 0.717) is 6.54 Å². The van der Waals surface area contributed by atoms with Crippen molar-refractivity contribution in [3.05, 3.63) is 72.7 Å². The Bertz CT molecular complexity index is 995. The number of aromatic amines is 1. The molecule has 0 unspecified atom stereocenters. The fraction of sp³-hybridized carbons (Fsp3) is 0.150. The molecule has 2 heterocycles. The minimum Gasteiger partial charge on any atom is -0.367 e. The summed E-state index contributed by atoms with van der Waals surface area (Å²) in [6.45, 7) is 0.633. The molecule has 0 aliphatic heterocycles. The quantitative estimate of drug-likeness (QED) is 0.500. The fourth-order valence-corrected chi connectivity index (χ4v) is 2.92. The molecule has 4 rings (SSSR count). The molecule has 6 nitrogen and oxygen atoms in total. The fourth-order valence-electron chi connectivity index (χ4n) is 2.92. The molecule has 0 bridgehead atoms. The van der Waals surface area contributed by atoms with Crippen molar-refractivity contribution in [3.63, 3.8) is 0 Å². The SMILES string of the molecule is N[C@H](CNc1cncc(-c2ccc3[nH]ncc3c2)n1)Cc1ccccc1. The first kappa shape index (κ1) is 16.2. The molecular formula is C20H20N6. The first-order chi connectivity index (χ1) is 12.8. The molecule has 6 heteroatoms. The van der Waals surface area contributed by atoms with Crippen molar-refractivity contribution < 1.29 is 0 Å². The molecule has 0 saturated carbocycles. The van der Waals surface area contributed by atoms with E-state index in [2.05, 4.69) is 37.6 Å². The van der Waals surface area contributed by atoms with Gasteiger partial charge in [-0.15, -0.1) is 0 Å². The van der Waals surface area contributed by atoms with Crippen LogP contribution in [0.4, 0.5) is 5.82 Å². The maximum Gasteiger partial charge on any atom is 0.145 e. The Kier molecular flexibility index (Phi) is 4.57. The van der Waals surface area contributed by atoms with E-state index in [1.807, 2.05) is 36.4 Å². The van der Waals surface area contributed by atoms with Gasteiger partial charge in [0.25, 0.3) is 0 Å². The number of nitrogens with two attached hydrogens (primary N) is 1. The molecule has 2 aromatic heterocycles. The minimum atomic E-state index is 0.00476. The maximum atomic E-state index is 6.23. The van der Waals surface area contributed by atoms with E-state index < -0.39 is 0 Å². The van der Waals surface area contributed by atoms with Crippen LogP contribution in [0.15, 0.2) is 67.1 Å². The molecule has 1 atom stereocenters. The third-order valence-electron chi connectivity index (χ3n) is 4.26. The number of rotatable bonds is 6. The largest absolute Gasteiger partial charge is 0.367 e. The first-order valence-electron chi connectivity index (χ1n) is 8.57. The van der Waals surface area contributed by atoms with Crippen LogP contribution in [-0.4, -0.2) is 32.8 Å². The van der Waals surface area contributed by atoms with Gasteiger partial charge in [0.1, 0.15) is 5.82 Å². The molecule has 0 radical (unpaired) electrons. The molecule has 26 heavy (non-hydrogen) atoms. The van der Waals surface area contributed by atoms with E-state index in [0.717, 1.165) is 34.4 Å². The van der Waals surface area contributed by atoms with E-state index in [4.69, 9.17) is 5.73 Å². The van der Waals surface area contributed by atoms with Gasteiger partial charge in [0.05, 0.1) is 29.8 Å².